The molecule has 2 aliphatic carbocycles. The molecule has 3 heterocycles. The fourth-order valence-corrected chi connectivity index (χ4v) is 6.24. The van der Waals surface area contributed by atoms with Gasteiger partial charge in [-0.05, 0) is 37.4 Å². The van der Waals surface area contributed by atoms with Crippen LogP contribution in [0.3, 0.4) is 0 Å². The summed E-state index contributed by atoms with van der Waals surface area (Å²) in [4.78, 5) is 30.2. The van der Waals surface area contributed by atoms with Crippen LogP contribution in [-0.4, -0.2) is 79.2 Å². The van der Waals surface area contributed by atoms with Crippen molar-refractivity contribution in [2.24, 2.45) is 17.8 Å². The van der Waals surface area contributed by atoms with Gasteiger partial charge in [0.2, 0.25) is 5.91 Å². The zero-order valence-electron chi connectivity index (χ0n) is 21.3. The van der Waals surface area contributed by atoms with E-state index in [0.717, 1.165) is 49.6 Å². The lowest BCUT2D eigenvalue weighted by Gasteiger charge is -2.34. The number of aromatic amines is 1. The summed E-state index contributed by atoms with van der Waals surface area (Å²) in [6, 6.07) is 6.17. The molecule has 4 atom stereocenters. The molecule has 194 valence electrons. The summed E-state index contributed by atoms with van der Waals surface area (Å²) in [5, 5.41) is 6.89. The van der Waals surface area contributed by atoms with Gasteiger partial charge < -0.3 is 30.2 Å². The van der Waals surface area contributed by atoms with Crippen LogP contribution in [0.15, 0.2) is 36.5 Å². The van der Waals surface area contributed by atoms with Crippen LogP contribution in [0.4, 0.5) is 11.4 Å². The first kappa shape index (κ1) is 24.1. The number of fused-ring (bicyclic) bond motifs is 3. The van der Waals surface area contributed by atoms with E-state index < -0.39 is 0 Å². The van der Waals surface area contributed by atoms with Gasteiger partial charge in [-0.15, -0.1) is 0 Å². The molecule has 6 rings (SSSR count). The number of aromatic nitrogens is 3. The third-order valence-corrected chi connectivity index (χ3v) is 8.38. The Labute approximate surface area is 221 Å². The number of methoxy groups -OCH3 is 1. The van der Waals surface area contributed by atoms with Crippen molar-refractivity contribution in [2.75, 3.05) is 57.6 Å². The number of hydrogen-bond acceptors (Lipinski definition) is 7. The maximum absolute atomic E-state index is 12.7. The minimum Gasteiger partial charge on any atom is -0.496 e. The van der Waals surface area contributed by atoms with Gasteiger partial charge >= 0.3 is 0 Å². The van der Waals surface area contributed by atoms with E-state index in [1.54, 1.807) is 20.4 Å². The second-order valence-corrected chi connectivity index (χ2v) is 10.6. The monoisotopic (exact) mass is 521 g/mol. The number of carbonyl (C=O) groups is 1. The third-order valence-electron chi connectivity index (χ3n) is 8.10. The van der Waals surface area contributed by atoms with Gasteiger partial charge in [-0.1, -0.05) is 23.8 Å². The number of halogens is 1. The molecular formula is C27H32ClN7O2. The van der Waals surface area contributed by atoms with E-state index in [-0.39, 0.29) is 29.7 Å². The van der Waals surface area contributed by atoms with Crippen LogP contribution in [0.1, 0.15) is 6.42 Å². The zero-order chi connectivity index (χ0) is 25.7. The number of anilines is 2. The van der Waals surface area contributed by atoms with Crippen LogP contribution in [0.2, 0.25) is 5.02 Å². The van der Waals surface area contributed by atoms with E-state index in [1.807, 2.05) is 6.07 Å². The molecule has 37 heavy (non-hydrogen) atoms. The highest BCUT2D eigenvalue weighted by Crippen LogP contribution is 2.46. The molecule has 2 aromatic heterocycles. The summed E-state index contributed by atoms with van der Waals surface area (Å²) in [6.45, 7) is 4.04. The van der Waals surface area contributed by atoms with E-state index in [0.29, 0.717) is 27.7 Å². The number of pyridine rings is 1. The molecule has 1 saturated heterocycles. The second-order valence-electron chi connectivity index (χ2n) is 10.2. The smallest absolute Gasteiger partial charge is 0.225 e. The Bertz CT molecular complexity index is 1360. The summed E-state index contributed by atoms with van der Waals surface area (Å²) in [5.41, 5.74) is 3.96. The van der Waals surface area contributed by atoms with E-state index >= 15 is 0 Å². The summed E-state index contributed by atoms with van der Waals surface area (Å²) in [5.74, 6) is 1.80. The second kappa shape index (κ2) is 9.54. The quantitative estimate of drug-likeness (QED) is 0.428. The van der Waals surface area contributed by atoms with Crippen molar-refractivity contribution in [2.45, 2.75) is 12.5 Å². The molecule has 10 heteroatoms. The van der Waals surface area contributed by atoms with Gasteiger partial charge in [0, 0.05) is 51.0 Å². The van der Waals surface area contributed by atoms with E-state index in [9.17, 15) is 4.79 Å². The Morgan fingerprint density at radius 3 is 2.73 bits per heavy atom. The lowest BCUT2D eigenvalue weighted by molar-refractivity contribution is -0.125. The van der Waals surface area contributed by atoms with Crippen LogP contribution in [0.5, 0.6) is 5.75 Å². The number of allylic oxidation sites excluding steroid dienone is 1. The largest absolute Gasteiger partial charge is 0.496 e. The molecule has 1 saturated carbocycles. The van der Waals surface area contributed by atoms with Crippen LogP contribution >= 0.6 is 11.6 Å². The predicted octanol–water partition coefficient (Wildman–Crippen LogP) is 3.39. The average Bonchev–Trinajstić information content (AvgIpc) is 3.65. The van der Waals surface area contributed by atoms with Crippen molar-refractivity contribution in [3.63, 3.8) is 0 Å². The van der Waals surface area contributed by atoms with Crippen molar-refractivity contribution >= 4 is 40.0 Å². The minimum atomic E-state index is -0.153. The Hall–Kier alpha value is -3.30. The molecule has 1 aliphatic heterocycles. The van der Waals surface area contributed by atoms with Gasteiger partial charge in [-0.25, -0.2) is 9.97 Å². The van der Waals surface area contributed by atoms with Crippen LogP contribution in [0.25, 0.3) is 22.6 Å². The molecule has 0 radical (unpaired) electrons. The maximum atomic E-state index is 12.7. The highest BCUT2D eigenvalue weighted by molar-refractivity contribution is 6.34. The van der Waals surface area contributed by atoms with Gasteiger partial charge in [0.25, 0.3) is 0 Å². The summed E-state index contributed by atoms with van der Waals surface area (Å²) >= 11 is 6.64. The maximum Gasteiger partial charge on any atom is 0.225 e. The number of piperazine rings is 1. The van der Waals surface area contributed by atoms with Crippen molar-refractivity contribution in [3.05, 3.63) is 41.6 Å². The molecule has 1 amide bonds. The van der Waals surface area contributed by atoms with Crippen LogP contribution in [0, 0.1) is 17.8 Å². The van der Waals surface area contributed by atoms with Gasteiger partial charge in [0.05, 0.1) is 35.5 Å². The minimum absolute atomic E-state index is 0.0451. The molecule has 3 N–H and O–H groups in total. The molecule has 2 bridgehead atoms. The molecule has 3 aromatic rings. The normalized spacial score (nSPS) is 25.1. The van der Waals surface area contributed by atoms with Crippen LogP contribution < -0.4 is 20.3 Å². The van der Waals surface area contributed by atoms with Gasteiger partial charge in [-0.2, -0.15) is 0 Å². The lowest BCUT2D eigenvalue weighted by Crippen LogP contribution is -2.44. The number of likely N-dealkylation sites (N-methyl/N-ethyl adjacent to an activating group) is 1. The number of ether oxygens (including phenoxy) is 1. The number of benzene rings is 1. The molecule has 0 spiro atoms. The van der Waals surface area contributed by atoms with E-state index in [2.05, 4.69) is 61.7 Å². The highest BCUT2D eigenvalue weighted by Gasteiger charge is 2.48. The number of nitrogens with one attached hydrogen (secondary N) is 3. The topological polar surface area (TPSA) is 98.4 Å². The Balaban J connectivity index is 1.33. The van der Waals surface area contributed by atoms with Gasteiger partial charge in [0.1, 0.15) is 17.1 Å². The van der Waals surface area contributed by atoms with Crippen molar-refractivity contribution < 1.29 is 9.53 Å². The predicted molar refractivity (Wildman–Crippen MR) is 146 cm³/mol. The Kier molecular flexibility index (Phi) is 6.20. The molecule has 1 aromatic carbocycles. The fraction of sp³-hybridized carbons (Fsp3) is 0.444. The van der Waals surface area contributed by atoms with Crippen molar-refractivity contribution in [3.8, 4) is 17.1 Å². The molecule has 0 unspecified atom stereocenters. The number of hydrogen-bond donors (Lipinski definition) is 3. The first-order valence-corrected chi connectivity index (χ1v) is 13.2. The Morgan fingerprint density at radius 2 is 1.97 bits per heavy atom. The summed E-state index contributed by atoms with van der Waals surface area (Å²) in [7, 11) is 5.52. The SMILES string of the molecule is CNC(=O)[C@H]1[C@H](Nc2c(Cl)cnc3[nH]c(-c4ccc(N5CCN(C)CC5)cc4OC)nc23)[C@@H]2C=C[C@@H]1C2. The molecule has 2 fully saturated rings. The number of imidazole rings is 1. The number of carbonyl (C=O) groups excluding carboxylic acids is 1. The average molecular weight is 522 g/mol. The van der Waals surface area contributed by atoms with E-state index in [1.165, 1.54) is 0 Å². The summed E-state index contributed by atoms with van der Waals surface area (Å²) in [6.07, 6.45) is 6.96. The number of nitrogens with zero attached hydrogens (tertiary/aromatic N) is 4. The van der Waals surface area contributed by atoms with Crippen molar-refractivity contribution in [1.82, 2.24) is 25.2 Å². The number of rotatable bonds is 6. The van der Waals surface area contributed by atoms with E-state index in [4.69, 9.17) is 21.3 Å². The number of amides is 1. The van der Waals surface area contributed by atoms with Gasteiger partial charge in [0.15, 0.2) is 5.65 Å². The molecular weight excluding hydrogens is 490 g/mol. The molecule has 3 aliphatic rings. The summed E-state index contributed by atoms with van der Waals surface area (Å²) < 4.78 is 5.78. The number of H-pyrrole nitrogens is 1. The first-order valence-electron chi connectivity index (χ1n) is 12.8. The third kappa shape index (κ3) is 4.20. The zero-order valence-corrected chi connectivity index (χ0v) is 22.0. The highest BCUT2D eigenvalue weighted by atomic mass is 35.5. The fourth-order valence-electron chi connectivity index (χ4n) is 6.04. The van der Waals surface area contributed by atoms with Gasteiger partial charge in [-0.3, -0.25) is 4.79 Å². The standard InChI is InChI=1S/C27H32ClN7O2/c1-29-27(36)21-15-4-5-16(12-15)22(21)31-23-19(28)14-30-26-24(23)32-25(33-26)18-7-6-17(13-20(18)37-3)35-10-8-34(2)9-11-35/h4-7,13-16,21-22H,8-12H2,1-3H3,(H,29,36)(H2,30,31,32,33)/t15-,16-,21-,22-/m1/s1. The molecule has 9 nitrogen and oxygen atoms in total. The van der Waals surface area contributed by atoms with Crippen molar-refractivity contribution in [1.29, 1.82) is 0 Å². The first-order chi connectivity index (χ1) is 18.0. The Morgan fingerprint density at radius 1 is 1.19 bits per heavy atom. The lowest BCUT2D eigenvalue weighted by atomic mass is 9.88. The van der Waals surface area contributed by atoms with Crippen LogP contribution in [-0.2, 0) is 4.79 Å².